The monoisotopic (exact) mass is 281 g/mol. The number of non-ortho nitro benzene ring substituents is 1. The van der Waals surface area contributed by atoms with Crippen LogP contribution < -0.4 is 15.8 Å². The van der Waals surface area contributed by atoms with Gasteiger partial charge in [0, 0.05) is 12.1 Å². The molecule has 1 aromatic carbocycles. The van der Waals surface area contributed by atoms with E-state index in [2.05, 4.69) is 5.32 Å². The van der Waals surface area contributed by atoms with E-state index in [9.17, 15) is 14.9 Å². The number of nitrogens with zero attached hydrogens (tertiary/aromatic N) is 1. The molecule has 0 aliphatic rings. The minimum Gasteiger partial charge on any atom is -0.491 e. The van der Waals surface area contributed by atoms with Crippen LogP contribution in [0.15, 0.2) is 24.3 Å². The topological polar surface area (TPSA) is 107 Å². The van der Waals surface area contributed by atoms with Gasteiger partial charge in [-0.2, -0.15) is 0 Å². The standard InChI is InChI=1S/C13H19N3O4/c1-9(2)15-13(3,12(14)17)8-20-11-6-4-5-10(7-11)16(18)19/h4-7,9,15H,8H2,1-3H3,(H2,14,17). The van der Waals surface area contributed by atoms with Gasteiger partial charge in [-0.3, -0.25) is 20.2 Å². The molecule has 7 heteroatoms. The Kier molecular flexibility index (Phi) is 5.04. The number of hydrogen-bond donors (Lipinski definition) is 2. The van der Waals surface area contributed by atoms with E-state index in [0.717, 1.165) is 0 Å². The molecule has 0 heterocycles. The predicted molar refractivity (Wildman–Crippen MR) is 74.5 cm³/mol. The van der Waals surface area contributed by atoms with Crippen molar-refractivity contribution >= 4 is 11.6 Å². The van der Waals surface area contributed by atoms with Crippen molar-refractivity contribution in [3.63, 3.8) is 0 Å². The van der Waals surface area contributed by atoms with Crippen molar-refractivity contribution in [2.75, 3.05) is 6.61 Å². The Morgan fingerprint density at radius 1 is 1.55 bits per heavy atom. The first-order valence-corrected chi connectivity index (χ1v) is 6.19. The summed E-state index contributed by atoms with van der Waals surface area (Å²) in [5, 5.41) is 13.7. The Hall–Kier alpha value is -2.15. The van der Waals surface area contributed by atoms with Crippen molar-refractivity contribution in [1.29, 1.82) is 0 Å². The van der Waals surface area contributed by atoms with Gasteiger partial charge >= 0.3 is 0 Å². The largest absolute Gasteiger partial charge is 0.491 e. The van der Waals surface area contributed by atoms with Gasteiger partial charge in [-0.1, -0.05) is 6.07 Å². The Bertz CT molecular complexity index is 504. The fraction of sp³-hybridized carbons (Fsp3) is 0.462. The number of rotatable bonds is 7. The number of carbonyl (C=O) groups excluding carboxylic acids is 1. The molecule has 0 aliphatic heterocycles. The Labute approximate surface area is 117 Å². The van der Waals surface area contributed by atoms with E-state index in [1.807, 2.05) is 13.8 Å². The number of carbonyl (C=O) groups is 1. The summed E-state index contributed by atoms with van der Waals surface area (Å²) in [4.78, 5) is 21.7. The van der Waals surface area contributed by atoms with Crippen molar-refractivity contribution < 1.29 is 14.5 Å². The third-order valence-corrected chi connectivity index (χ3v) is 2.71. The molecule has 1 unspecified atom stereocenters. The van der Waals surface area contributed by atoms with Crippen LogP contribution in [0, 0.1) is 10.1 Å². The summed E-state index contributed by atoms with van der Waals surface area (Å²) in [5.41, 5.74) is 4.26. The lowest BCUT2D eigenvalue weighted by Gasteiger charge is -2.29. The van der Waals surface area contributed by atoms with E-state index in [1.54, 1.807) is 13.0 Å². The maximum Gasteiger partial charge on any atom is 0.273 e. The molecule has 7 nitrogen and oxygen atoms in total. The van der Waals surface area contributed by atoms with Crippen LogP contribution in [0.25, 0.3) is 0 Å². The average molecular weight is 281 g/mol. The second-order valence-corrected chi connectivity index (χ2v) is 5.04. The fourth-order valence-corrected chi connectivity index (χ4v) is 1.74. The predicted octanol–water partition coefficient (Wildman–Crippen LogP) is 1.22. The fourth-order valence-electron chi connectivity index (χ4n) is 1.74. The molecule has 0 fully saturated rings. The molecule has 110 valence electrons. The molecule has 3 N–H and O–H groups in total. The number of ether oxygens (including phenoxy) is 1. The first kappa shape index (κ1) is 15.9. The molecular formula is C13H19N3O4. The highest BCUT2D eigenvalue weighted by Gasteiger charge is 2.32. The SMILES string of the molecule is CC(C)NC(C)(COc1cccc([N+](=O)[O-])c1)C(N)=O. The normalized spacial score (nSPS) is 13.8. The smallest absolute Gasteiger partial charge is 0.273 e. The van der Waals surface area contributed by atoms with Crippen LogP contribution in [-0.4, -0.2) is 29.0 Å². The Balaban J connectivity index is 2.80. The third-order valence-electron chi connectivity index (χ3n) is 2.71. The van der Waals surface area contributed by atoms with Gasteiger partial charge < -0.3 is 10.5 Å². The first-order valence-electron chi connectivity index (χ1n) is 6.19. The van der Waals surface area contributed by atoms with Gasteiger partial charge in [-0.25, -0.2) is 0 Å². The zero-order valence-electron chi connectivity index (χ0n) is 11.8. The Morgan fingerprint density at radius 3 is 2.70 bits per heavy atom. The molecule has 0 aliphatic carbocycles. The van der Waals surface area contributed by atoms with Crippen LogP contribution >= 0.6 is 0 Å². The maximum atomic E-state index is 11.5. The van der Waals surface area contributed by atoms with Crippen LogP contribution in [-0.2, 0) is 4.79 Å². The second kappa shape index (κ2) is 6.33. The van der Waals surface area contributed by atoms with E-state index in [1.165, 1.54) is 18.2 Å². The number of nitrogens with one attached hydrogen (secondary N) is 1. The van der Waals surface area contributed by atoms with Crippen molar-refractivity contribution in [1.82, 2.24) is 5.32 Å². The highest BCUT2D eigenvalue weighted by atomic mass is 16.6. The van der Waals surface area contributed by atoms with Gasteiger partial charge in [0.15, 0.2) is 0 Å². The molecule has 0 aromatic heterocycles. The lowest BCUT2D eigenvalue weighted by molar-refractivity contribution is -0.384. The molecule has 0 bridgehead atoms. The molecule has 0 saturated heterocycles. The van der Waals surface area contributed by atoms with E-state index >= 15 is 0 Å². The minimum atomic E-state index is -1.04. The molecule has 1 amide bonds. The summed E-state index contributed by atoms with van der Waals surface area (Å²) >= 11 is 0. The first-order chi connectivity index (χ1) is 9.24. The number of nitrogens with two attached hydrogens (primary N) is 1. The molecule has 0 spiro atoms. The molecule has 1 aromatic rings. The number of benzene rings is 1. The minimum absolute atomic E-state index is 0.0122. The lowest BCUT2D eigenvalue weighted by Crippen LogP contribution is -2.59. The molecule has 1 atom stereocenters. The summed E-state index contributed by atoms with van der Waals surface area (Å²) in [6.07, 6.45) is 0. The van der Waals surface area contributed by atoms with Gasteiger partial charge in [0.2, 0.25) is 5.91 Å². The number of amides is 1. The zero-order valence-corrected chi connectivity index (χ0v) is 11.8. The van der Waals surface area contributed by atoms with Crippen LogP contribution in [0.2, 0.25) is 0 Å². The number of nitro benzene ring substituents is 1. The molecule has 1 rings (SSSR count). The quantitative estimate of drug-likeness (QED) is 0.577. The van der Waals surface area contributed by atoms with Crippen LogP contribution in [0.1, 0.15) is 20.8 Å². The van der Waals surface area contributed by atoms with Crippen molar-refractivity contribution in [2.24, 2.45) is 5.73 Å². The molecule has 0 saturated carbocycles. The van der Waals surface area contributed by atoms with Crippen LogP contribution in [0.4, 0.5) is 5.69 Å². The average Bonchev–Trinajstić information content (AvgIpc) is 2.35. The summed E-state index contributed by atoms with van der Waals surface area (Å²) in [6, 6.07) is 5.82. The third kappa shape index (κ3) is 4.20. The summed E-state index contributed by atoms with van der Waals surface area (Å²) in [7, 11) is 0. The van der Waals surface area contributed by atoms with Crippen LogP contribution in [0.5, 0.6) is 5.75 Å². The Morgan fingerprint density at radius 2 is 2.20 bits per heavy atom. The van der Waals surface area contributed by atoms with Gasteiger partial charge in [0.05, 0.1) is 11.0 Å². The molecule has 20 heavy (non-hydrogen) atoms. The van der Waals surface area contributed by atoms with E-state index in [4.69, 9.17) is 10.5 Å². The van der Waals surface area contributed by atoms with Gasteiger partial charge in [0.25, 0.3) is 5.69 Å². The second-order valence-electron chi connectivity index (χ2n) is 5.04. The highest BCUT2D eigenvalue weighted by Crippen LogP contribution is 2.20. The van der Waals surface area contributed by atoms with Crippen molar-refractivity contribution in [3.05, 3.63) is 34.4 Å². The summed E-state index contributed by atoms with van der Waals surface area (Å²) < 4.78 is 5.46. The lowest BCUT2D eigenvalue weighted by atomic mass is 10.0. The van der Waals surface area contributed by atoms with Crippen molar-refractivity contribution in [3.8, 4) is 5.75 Å². The van der Waals surface area contributed by atoms with Gasteiger partial charge in [-0.15, -0.1) is 0 Å². The molecular weight excluding hydrogens is 262 g/mol. The molecule has 0 radical (unpaired) electrons. The number of primary amides is 1. The number of nitro groups is 1. The van der Waals surface area contributed by atoms with E-state index in [-0.39, 0.29) is 18.3 Å². The highest BCUT2D eigenvalue weighted by molar-refractivity contribution is 5.84. The van der Waals surface area contributed by atoms with Gasteiger partial charge in [0.1, 0.15) is 17.9 Å². The van der Waals surface area contributed by atoms with E-state index in [0.29, 0.717) is 5.75 Å². The number of hydrogen-bond acceptors (Lipinski definition) is 5. The maximum absolute atomic E-state index is 11.5. The van der Waals surface area contributed by atoms with Crippen molar-refractivity contribution in [2.45, 2.75) is 32.4 Å². The summed E-state index contributed by atoms with van der Waals surface area (Å²) in [6.45, 7) is 5.39. The van der Waals surface area contributed by atoms with E-state index < -0.39 is 16.4 Å². The summed E-state index contributed by atoms with van der Waals surface area (Å²) in [5.74, 6) is -0.228. The van der Waals surface area contributed by atoms with Gasteiger partial charge in [-0.05, 0) is 26.8 Å². The zero-order chi connectivity index (χ0) is 15.3. The van der Waals surface area contributed by atoms with Crippen LogP contribution in [0.3, 0.4) is 0 Å².